The predicted octanol–water partition coefficient (Wildman–Crippen LogP) is 5.63. The SMILES string of the molecule is CC(C)(C)OC(=O)N1CCC(c2ccc(Nc3ncc(C(F)(F)F)c(CCc4cc(C(N)=O)ccn4)n3)cc2)CC1. The van der Waals surface area contributed by atoms with Crippen molar-refractivity contribution >= 4 is 23.6 Å². The van der Waals surface area contributed by atoms with Crippen molar-refractivity contribution in [3.63, 3.8) is 0 Å². The summed E-state index contributed by atoms with van der Waals surface area (Å²) in [5.41, 5.74) is 6.03. The van der Waals surface area contributed by atoms with Gasteiger partial charge in [-0.25, -0.2) is 14.8 Å². The molecule has 0 atom stereocenters. The maximum absolute atomic E-state index is 13.7. The fraction of sp³-hybridized carbons (Fsp3) is 0.414. The summed E-state index contributed by atoms with van der Waals surface area (Å²) in [6.45, 7) is 6.73. The van der Waals surface area contributed by atoms with Gasteiger partial charge in [0, 0.05) is 42.4 Å². The number of anilines is 2. The molecule has 3 N–H and O–H groups in total. The number of alkyl halides is 3. The van der Waals surface area contributed by atoms with E-state index in [0.29, 0.717) is 24.5 Å². The van der Waals surface area contributed by atoms with Crippen LogP contribution in [0, 0.1) is 0 Å². The van der Waals surface area contributed by atoms with Crippen LogP contribution >= 0.6 is 0 Å². The number of rotatable bonds is 7. The third-order valence-corrected chi connectivity index (χ3v) is 6.68. The van der Waals surface area contributed by atoms with Crippen LogP contribution in [0.25, 0.3) is 0 Å². The molecule has 0 unspecified atom stereocenters. The lowest BCUT2D eigenvalue weighted by atomic mass is 9.89. The largest absolute Gasteiger partial charge is 0.444 e. The predicted molar refractivity (Wildman–Crippen MR) is 147 cm³/mol. The van der Waals surface area contributed by atoms with Crippen molar-refractivity contribution in [2.24, 2.45) is 5.73 Å². The number of pyridine rings is 1. The number of benzene rings is 1. The van der Waals surface area contributed by atoms with E-state index >= 15 is 0 Å². The number of aryl methyl sites for hydroxylation is 2. The molecule has 1 fully saturated rings. The van der Waals surface area contributed by atoms with Gasteiger partial charge in [-0.2, -0.15) is 13.2 Å². The highest BCUT2D eigenvalue weighted by atomic mass is 19.4. The molecule has 3 aromatic rings. The second-order valence-electron chi connectivity index (χ2n) is 10.9. The molecular formula is C29H33F3N6O3. The van der Waals surface area contributed by atoms with E-state index in [2.05, 4.69) is 20.3 Å². The van der Waals surface area contributed by atoms with Crippen LogP contribution in [0.1, 0.15) is 72.4 Å². The number of nitrogens with two attached hydrogens (primary N) is 1. The average Bonchev–Trinajstić information content (AvgIpc) is 2.91. The fourth-order valence-corrected chi connectivity index (χ4v) is 4.61. The van der Waals surface area contributed by atoms with Crippen LogP contribution in [-0.4, -0.2) is 50.5 Å². The molecule has 1 aliphatic rings. The second-order valence-corrected chi connectivity index (χ2v) is 10.9. The lowest BCUT2D eigenvalue weighted by molar-refractivity contribution is -0.138. The standard InChI is InChI=1S/C29H33F3N6O3/c1-28(2,3)41-27(40)38-14-11-19(12-15-38)18-4-6-21(7-5-18)36-26-35-17-23(29(30,31)32)24(37-26)9-8-22-16-20(25(33)39)10-13-34-22/h4-7,10,13,16-17,19H,8-9,11-12,14-15H2,1-3H3,(H2,33,39)(H,35,36,37). The quantitative estimate of drug-likeness (QED) is 0.377. The van der Waals surface area contributed by atoms with E-state index in [1.807, 2.05) is 45.0 Å². The van der Waals surface area contributed by atoms with Gasteiger partial charge in [-0.15, -0.1) is 0 Å². The molecule has 0 aliphatic carbocycles. The van der Waals surface area contributed by atoms with E-state index in [1.165, 1.54) is 18.3 Å². The minimum atomic E-state index is -4.63. The first-order chi connectivity index (χ1) is 19.3. The highest BCUT2D eigenvalue weighted by molar-refractivity contribution is 5.92. The van der Waals surface area contributed by atoms with Crippen LogP contribution in [0.2, 0.25) is 0 Å². The maximum Gasteiger partial charge on any atom is 0.419 e. The number of nitrogens with zero attached hydrogens (tertiary/aromatic N) is 4. The van der Waals surface area contributed by atoms with Crippen LogP contribution in [-0.2, 0) is 23.8 Å². The number of amides is 2. The Balaban J connectivity index is 1.41. The fourth-order valence-electron chi connectivity index (χ4n) is 4.61. The van der Waals surface area contributed by atoms with E-state index in [9.17, 15) is 22.8 Å². The molecule has 0 radical (unpaired) electrons. The summed E-state index contributed by atoms with van der Waals surface area (Å²) in [7, 11) is 0. The van der Waals surface area contributed by atoms with Crippen molar-refractivity contribution in [2.75, 3.05) is 18.4 Å². The third-order valence-electron chi connectivity index (χ3n) is 6.68. The summed E-state index contributed by atoms with van der Waals surface area (Å²) in [5.74, 6) is -0.334. The molecular weight excluding hydrogens is 537 g/mol. The summed E-state index contributed by atoms with van der Waals surface area (Å²) < 4.78 is 46.4. The topological polar surface area (TPSA) is 123 Å². The number of halogens is 3. The molecule has 218 valence electrons. The summed E-state index contributed by atoms with van der Waals surface area (Å²) >= 11 is 0. The van der Waals surface area contributed by atoms with Gasteiger partial charge in [-0.05, 0) is 82.2 Å². The summed E-state index contributed by atoms with van der Waals surface area (Å²) in [6, 6.07) is 10.5. The normalized spacial score (nSPS) is 14.5. The Labute approximate surface area is 236 Å². The number of nitrogens with one attached hydrogen (secondary N) is 1. The Morgan fingerprint density at radius 3 is 2.34 bits per heavy atom. The zero-order valence-corrected chi connectivity index (χ0v) is 23.2. The Morgan fingerprint density at radius 1 is 1.05 bits per heavy atom. The Hall–Kier alpha value is -4.22. The first-order valence-electron chi connectivity index (χ1n) is 13.3. The molecule has 1 saturated heterocycles. The Bertz CT molecular complexity index is 1380. The number of carbonyl (C=O) groups excluding carboxylic acids is 2. The van der Waals surface area contributed by atoms with Gasteiger partial charge in [-0.1, -0.05) is 12.1 Å². The molecule has 2 amide bonds. The number of carbonyl (C=O) groups is 2. The lowest BCUT2D eigenvalue weighted by Gasteiger charge is -2.33. The molecule has 1 aromatic carbocycles. The van der Waals surface area contributed by atoms with Crippen molar-refractivity contribution in [1.82, 2.24) is 19.9 Å². The van der Waals surface area contributed by atoms with Gasteiger partial charge < -0.3 is 20.7 Å². The molecule has 0 saturated carbocycles. The number of hydrogen-bond acceptors (Lipinski definition) is 7. The van der Waals surface area contributed by atoms with Crippen molar-refractivity contribution < 1.29 is 27.5 Å². The van der Waals surface area contributed by atoms with E-state index in [0.717, 1.165) is 24.6 Å². The molecule has 12 heteroatoms. The van der Waals surface area contributed by atoms with E-state index in [-0.39, 0.29) is 42.1 Å². The maximum atomic E-state index is 13.7. The summed E-state index contributed by atoms with van der Waals surface area (Å²) in [5, 5.41) is 2.98. The molecule has 0 spiro atoms. The van der Waals surface area contributed by atoms with Crippen molar-refractivity contribution in [1.29, 1.82) is 0 Å². The monoisotopic (exact) mass is 570 g/mol. The van der Waals surface area contributed by atoms with Gasteiger partial charge in [0.1, 0.15) is 5.60 Å². The van der Waals surface area contributed by atoms with E-state index in [4.69, 9.17) is 10.5 Å². The number of hydrogen-bond donors (Lipinski definition) is 2. The first-order valence-corrected chi connectivity index (χ1v) is 13.3. The second kappa shape index (κ2) is 12.1. The Morgan fingerprint density at radius 2 is 1.73 bits per heavy atom. The van der Waals surface area contributed by atoms with Gasteiger partial charge in [0.15, 0.2) is 0 Å². The van der Waals surface area contributed by atoms with Crippen LogP contribution in [0.4, 0.5) is 29.6 Å². The molecule has 4 rings (SSSR count). The van der Waals surface area contributed by atoms with Crippen molar-refractivity contribution in [3.8, 4) is 0 Å². The van der Waals surface area contributed by atoms with E-state index < -0.39 is 23.2 Å². The van der Waals surface area contributed by atoms with Gasteiger partial charge in [0.25, 0.3) is 0 Å². The molecule has 9 nitrogen and oxygen atoms in total. The van der Waals surface area contributed by atoms with Gasteiger partial charge in [-0.3, -0.25) is 9.78 Å². The summed E-state index contributed by atoms with van der Waals surface area (Å²) in [4.78, 5) is 37.6. The van der Waals surface area contributed by atoms with Crippen LogP contribution in [0.15, 0.2) is 48.8 Å². The Kier molecular flexibility index (Phi) is 8.79. The number of aromatic nitrogens is 3. The third kappa shape index (κ3) is 8.15. The number of likely N-dealkylation sites (tertiary alicyclic amines) is 1. The highest BCUT2D eigenvalue weighted by Crippen LogP contribution is 2.33. The van der Waals surface area contributed by atoms with Gasteiger partial charge in [0.2, 0.25) is 11.9 Å². The number of piperidine rings is 1. The zero-order chi connectivity index (χ0) is 29.8. The van der Waals surface area contributed by atoms with E-state index in [1.54, 1.807) is 4.90 Å². The zero-order valence-electron chi connectivity index (χ0n) is 23.2. The minimum absolute atomic E-state index is 0.0327. The highest BCUT2D eigenvalue weighted by Gasteiger charge is 2.35. The van der Waals surface area contributed by atoms with Crippen LogP contribution in [0.3, 0.4) is 0 Å². The molecule has 0 bridgehead atoms. The van der Waals surface area contributed by atoms with Crippen LogP contribution in [0.5, 0.6) is 0 Å². The molecule has 2 aromatic heterocycles. The van der Waals surface area contributed by atoms with Gasteiger partial charge >= 0.3 is 12.3 Å². The van der Waals surface area contributed by atoms with Gasteiger partial charge in [0.05, 0.1) is 11.3 Å². The lowest BCUT2D eigenvalue weighted by Crippen LogP contribution is -2.41. The number of primary amides is 1. The molecule has 3 heterocycles. The molecule has 1 aliphatic heterocycles. The number of ether oxygens (including phenoxy) is 1. The minimum Gasteiger partial charge on any atom is -0.444 e. The summed E-state index contributed by atoms with van der Waals surface area (Å²) in [6.07, 6.45) is -1.11. The first kappa shape index (κ1) is 29.8. The van der Waals surface area contributed by atoms with Crippen molar-refractivity contribution in [3.05, 3.63) is 76.9 Å². The average molecular weight is 571 g/mol. The van der Waals surface area contributed by atoms with Crippen LogP contribution < -0.4 is 11.1 Å². The smallest absolute Gasteiger partial charge is 0.419 e. The van der Waals surface area contributed by atoms with Crippen molar-refractivity contribution in [2.45, 2.75) is 64.1 Å². The molecule has 41 heavy (non-hydrogen) atoms.